The number of hydrogen-bond donors (Lipinski definition) is 2. The number of pyridine rings is 1. The van der Waals surface area contributed by atoms with Crippen LogP contribution in [0.2, 0.25) is 0 Å². The van der Waals surface area contributed by atoms with E-state index in [-0.39, 0.29) is 5.69 Å². The minimum atomic E-state index is -0.291. The summed E-state index contributed by atoms with van der Waals surface area (Å²) in [7, 11) is 0. The summed E-state index contributed by atoms with van der Waals surface area (Å²) >= 11 is 0. The Labute approximate surface area is 73.4 Å². The number of hydrogen-bond acceptors (Lipinski definition) is 3. The highest BCUT2D eigenvalue weighted by molar-refractivity contribution is 5.57. The predicted molar refractivity (Wildman–Crippen MR) is 48.0 cm³/mol. The molecular formula is C8H8N4O. The van der Waals surface area contributed by atoms with Crippen molar-refractivity contribution >= 4 is 11.3 Å². The molecule has 3 heterocycles. The van der Waals surface area contributed by atoms with Crippen molar-refractivity contribution < 1.29 is 0 Å². The van der Waals surface area contributed by atoms with Crippen LogP contribution in [0.4, 0.5) is 5.69 Å². The molecule has 0 amide bonds. The summed E-state index contributed by atoms with van der Waals surface area (Å²) in [6, 6.07) is 3.78. The standard InChI is InChI=1S/C8H8N4O/c13-8-10-7-2-1-5-6(3-4-9-5)12(7)11-8/h1-2,9H,3-4H2,(H,11,13). The van der Waals surface area contributed by atoms with E-state index in [0.717, 1.165) is 24.3 Å². The maximum absolute atomic E-state index is 11.0. The lowest BCUT2D eigenvalue weighted by Crippen LogP contribution is -2.03. The van der Waals surface area contributed by atoms with Crippen molar-refractivity contribution in [2.24, 2.45) is 0 Å². The predicted octanol–water partition coefficient (Wildman–Crippen LogP) is -0.00940. The third-order valence-electron chi connectivity index (χ3n) is 2.31. The van der Waals surface area contributed by atoms with Gasteiger partial charge in [-0.3, -0.25) is 0 Å². The maximum Gasteiger partial charge on any atom is 0.362 e. The monoisotopic (exact) mass is 176 g/mol. The zero-order valence-electron chi connectivity index (χ0n) is 6.87. The third kappa shape index (κ3) is 0.809. The molecule has 0 saturated carbocycles. The van der Waals surface area contributed by atoms with Crippen molar-refractivity contribution in [3.63, 3.8) is 0 Å². The normalized spacial score (nSPS) is 14.5. The van der Waals surface area contributed by atoms with E-state index in [1.54, 1.807) is 4.52 Å². The van der Waals surface area contributed by atoms with Gasteiger partial charge in [-0.2, -0.15) is 4.98 Å². The molecule has 0 aliphatic carbocycles. The number of anilines is 1. The second-order valence-electron chi connectivity index (χ2n) is 3.09. The molecule has 5 nitrogen and oxygen atoms in total. The molecule has 1 aliphatic rings. The number of nitrogens with zero attached hydrogens (tertiary/aromatic N) is 2. The van der Waals surface area contributed by atoms with Crippen LogP contribution in [0.3, 0.4) is 0 Å². The van der Waals surface area contributed by atoms with Gasteiger partial charge >= 0.3 is 5.69 Å². The van der Waals surface area contributed by atoms with Gasteiger partial charge in [-0.05, 0) is 12.1 Å². The van der Waals surface area contributed by atoms with Gasteiger partial charge in [0.2, 0.25) is 0 Å². The first kappa shape index (κ1) is 6.71. The van der Waals surface area contributed by atoms with E-state index in [2.05, 4.69) is 15.4 Å². The molecule has 2 aromatic heterocycles. The smallest absolute Gasteiger partial charge is 0.362 e. The van der Waals surface area contributed by atoms with E-state index in [1.807, 2.05) is 12.1 Å². The van der Waals surface area contributed by atoms with Crippen LogP contribution in [0.1, 0.15) is 5.69 Å². The zero-order chi connectivity index (χ0) is 8.84. The van der Waals surface area contributed by atoms with Crippen LogP contribution in [-0.4, -0.2) is 21.1 Å². The summed E-state index contributed by atoms with van der Waals surface area (Å²) < 4.78 is 1.75. The Morgan fingerprint density at radius 3 is 3.31 bits per heavy atom. The SMILES string of the molecule is O=c1nc2ccc3c(n2[nH]1)CCN3. The summed E-state index contributed by atoms with van der Waals surface area (Å²) in [5.74, 6) is 0. The Morgan fingerprint density at radius 2 is 2.38 bits per heavy atom. The van der Waals surface area contributed by atoms with E-state index < -0.39 is 0 Å². The number of rotatable bonds is 0. The van der Waals surface area contributed by atoms with Crippen molar-refractivity contribution in [3.05, 3.63) is 28.3 Å². The number of fused-ring (bicyclic) bond motifs is 3. The van der Waals surface area contributed by atoms with Gasteiger partial charge in [0.1, 0.15) is 0 Å². The molecule has 3 rings (SSSR count). The first-order valence-electron chi connectivity index (χ1n) is 4.19. The van der Waals surface area contributed by atoms with Crippen LogP contribution < -0.4 is 11.0 Å². The van der Waals surface area contributed by atoms with Gasteiger partial charge in [0.05, 0.1) is 11.4 Å². The largest absolute Gasteiger partial charge is 0.383 e. The van der Waals surface area contributed by atoms with Gasteiger partial charge in [0.15, 0.2) is 5.65 Å². The lowest BCUT2D eigenvalue weighted by atomic mass is 10.3. The average Bonchev–Trinajstić information content (AvgIpc) is 2.65. The fourth-order valence-electron chi connectivity index (χ4n) is 1.75. The Kier molecular flexibility index (Phi) is 1.10. The Balaban J connectivity index is 2.49. The van der Waals surface area contributed by atoms with Crippen LogP contribution in [0.15, 0.2) is 16.9 Å². The quantitative estimate of drug-likeness (QED) is 0.593. The highest BCUT2D eigenvalue weighted by Gasteiger charge is 2.14. The molecule has 66 valence electrons. The minimum Gasteiger partial charge on any atom is -0.383 e. The minimum absolute atomic E-state index is 0.291. The van der Waals surface area contributed by atoms with Crippen LogP contribution in [0.25, 0.3) is 5.65 Å². The molecule has 2 N–H and O–H groups in total. The van der Waals surface area contributed by atoms with Crippen molar-refractivity contribution in [3.8, 4) is 0 Å². The van der Waals surface area contributed by atoms with Crippen LogP contribution >= 0.6 is 0 Å². The fraction of sp³-hybridized carbons (Fsp3) is 0.250. The van der Waals surface area contributed by atoms with Crippen LogP contribution in [0.5, 0.6) is 0 Å². The molecule has 1 aliphatic heterocycles. The second-order valence-corrected chi connectivity index (χ2v) is 3.09. The number of H-pyrrole nitrogens is 1. The summed E-state index contributed by atoms with van der Waals surface area (Å²) in [4.78, 5) is 14.8. The van der Waals surface area contributed by atoms with Crippen molar-refractivity contribution in [2.45, 2.75) is 6.42 Å². The summed E-state index contributed by atoms with van der Waals surface area (Å²) in [6.45, 7) is 0.925. The molecule has 0 unspecified atom stereocenters. The third-order valence-corrected chi connectivity index (χ3v) is 2.31. The highest BCUT2D eigenvalue weighted by Crippen LogP contribution is 2.21. The molecule has 0 saturated heterocycles. The maximum atomic E-state index is 11.0. The van der Waals surface area contributed by atoms with Crippen LogP contribution in [-0.2, 0) is 6.42 Å². The van der Waals surface area contributed by atoms with Gasteiger partial charge in [-0.15, -0.1) is 0 Å². The molecule has 5 heteroatoms. The molecule has 0 spiro atoms. The van der Waals surface area contributed by atoms with E-state index in [0.29, 0.717) is 5.65 Å². The number of aromatic amines is 1. The molecule has 0 radical (unpaired) electrons. The molecule has 0 bridgehead atoms. The van der Waals surface area contributed by atoms with Gasteiger partial charge < -0.3 is 5.32 Å². The summed E-state index contributed by atoms with van der Waals surface area (Å²) in [5, 5.41) is 5.90. The van der Waals surface area contributed by atoms with E-state index in [4.69, 9.17) is 0 Å². The second kappa shape index (κ2) is 2.12. The topological polar surface area (TPSA) is 62.2 Å². The first-order valence-corrected chi connectivity index (χ1v) is 4.19. The Hall–Kier alpha value is -1.78. The first-order chi connectivity index (χ1) is 6.34. The van der Waals surface area contributed by atoms with E-state index >= 15 is 0 Å². The molecule has 0 fully saturated rings. The molecule has 0 atom stereocenters. The lowest BCUT2D eigenvalue weighted by Gasteiger charge is -2.00. The summed E-state index contributed by atoms with van der Waals surface area (Å²) in [5.41, 5.74) is 2.58. The van der Waals surface area contributed by atoms with Crippen molar-refractivity contribution in [2.75, 3.05) is 11.9 Å². The highest BCUT2D eigenvalue weighted by atomic mass is 16.1. The van der Waals surface area contributed by atoms with Gasteiger partial charge in [0, 0.05) is 13.0 Å². The van der Waals surface area contributed by atoms with Crippen molar-refractivity contribution in [1.82, 2.24) is 14.6 Å². The van der Waals surface area contributed by atoms with E-state index in [9.17, 15) is 4.79 Å². The number of aromatic nitrogens is 3. The lowest BCUT2D eigenvalue weighted by molar-refractivity contribution is 0.866. The van der Waals surface area contributed by atoms with E-state index in [1.165, 1.54) is 0 Å². The molecule has 13 heavy (non-hydrogen) atoms. The average molecular weight is 176 g/mol. The molecular weight excluding hydrogens is 168 g/mol. The Morgan fingerprint density at radius 1 is 1.46 bits per heavy atom. The van der Waals surface area contributed by atoms with Gasteiger partial charge in [-0.25, -0.2) is 14.4 Å². The van der Waals surface area contributed by atoms with Gasteiger partial charge in [-0.1, -0.05) is 0 Å². The van der Waals surface area contributed by atoms with Crippen molar-refractivity contribution in [1.29, 1.82) is 0 Å². The summed E-state index contributed by atoms with van der Waals surface area (Å²) in [6.07, 6.45) is 0.930. The fourth-order valence-corrected chi connectivity index (χ4v) is 1.75. The van der Waals surface area contributed by atoms with Crippen LogP contribution in [0, 0.1) is 0 Å². The van der Waals surface area contributed by atoms with Gasteiger partial charge in [0.25, 0.3) is 0 Å². The number of nitrogens with one attached hydrogen (secondary N) is 2. The Bertz CT molecular complexity index is 524. The molecule has 2 aromatic rings. The molecule has 0 aromatic carbocycles. The zero-order valence-corrected chi connectivity index (χ0v) is 6.87.